The summed E-state index contributed by atoms with van der Waals surface area (Å²) in [7, 11) is 1.58. The molecule has 1 aliphatic heterocycles. The number of rotatable bonds is 2. The summed E-state index contributed by atoms with van der Waals surface area (Å²) in [5, 5.41) is 5.34. The van der Waals surface area contributed by atoms with E-state index in [0.29, 0.717) is 24.2 Å². The second kappa shape index (κ2) is 6.08. The van der Waals surface area contributed by atoms with Crippen molar-refractivity contribution < 1.29 is 14.0 Å². The molecular formula is C17H16FN3O2. The van der Waals surface area contributed by atoms with E-state index in [1.54, 1.807) is 24.1 Å². The highest BCUT2D eigenvalue weighted by Gasteiger charge is 2.28. The number of amides is 3. The molecule has 0 atom stereocenters. The van der Waals surface area contributed by atoms with Crippen molar-refractivity contribution in [2.45, 2.75) is 6.42 Å². The van der Waals surface area contributed by atoms with Crippen LogP contribution in [0.25, 0.3) is 0 Å². The van der Waals surface area contributed by atoms with E-state index in [9.17, 15) is 14.0 Å². The first-order valence-corrected chi connectivity index (χ1v) is 7.28. The van der Waals surface area contributed by atoms with Gasteiger partial charge in [-0.1, -0.05) is 6.07 Å². The quantitative estimate of drug-likeness (QED) is 0.895. The van der Waals surface area contributed by atoms with Crippen LogP contribution in [0.5, 0.6) is 0 Å². The number of nitrogens with one attached hydrogen (secondary N) is 2. The van der Waals surface area contributed by atoms with Crippen LogP contribution in [0, 0.1) is 5.82 Å². The SMILES string of the molecule is CNC(=O)c1cccc2c1CCN2C(=O)Nc1ccc(F)cc1. The molecule has 3 rings (SSSR count). The van der Waals surface area contributed by atoms with Crippen molar-refractivity contribution >= 4 is 23.3 Å². The molecule has 6 heteroatoms. The summed E-state index contributed by atoms with van der Waals surface area (Å²) in [6.45, 7) is 0.496. The predicted molar refractivity (Wildman–Crippen MR) is 86.3 cm³/mol. The third-order valence-electron chi connectivity index (χ3n) is 3.84. The molecule has 5 nitrogen and oxygen atoms in total. The van der Waals surface area contributed by atoms with Crippen LogP contribution in [0.1, 0.15) is 15.9 Å². The number of carbonyl (C=O) groups excluding carboxylic acids is 2. The van der Waals surface area contributed by atoms with Crippen molar-refractivity contribution in [3.63, 3.8) is 0 Å². The average molecular weight is 313 g/mol. The Hall–Kier alpha value is -2.89. The number of nitrogens with zero attached hydrogens (tertiary/aromatic N) is 1. The Kier molecular flexibility index (Phi) is 3.97. The highest BCUT2D eigenvalue weighted by atomic mass is 19.1. The highest BCUT2D eigenvalue weighted by Crippen LogP contribution is 2.31. The van der Waals surface area contributed by atoms with E-state index in [2.05, 4.69) is 10.6 Å². The van der Waals surface area contributed by atoms with Crippen molar-refractivity contribution in [2.24, 2.45) is 0 Å². The third kappa shape index (κ3) is 2.88. The molecule has 3 amide bonds. The molecular weight excluding hydrogens is 297 g/mol. The fourth-order valence-electron chi connectivity index (χ4n) is 2.72. The zero-order valence-corrected chi connectivity index (χ0v) is 12.6. The number of carbonyl (C=O) groups is 2. The van der Waals surface area contributed by atoms with Crippen LogP contribution in [0.2, 0.25) is 0 Å². The number of hydrogen-bond donors (Lipinski definition) is 2. The molecule has 2 aromatic carbocycles. The fraction of sp³-hybridized carbons (Fsp3) is 0.176. The van der Waals surface area contributed by atoms with E-state index >= 15 is 0 Å². The molecule has 0 unspecified atom stereocenters. The Labute approximate surface area is 133 Å². The van der Waals surface area contributed by atoms with E-state index in [1.165, 1.54) is 24.3 Å². The minimum absolute atomic E-state index is 0.164. The molecule has 0 aliphatic carbocycles. The zero-order valence-electron chi connectivity index (χ0n) is 12.6. The lowest BCUT2D eigenvalue weighted by atomic mass is 10.0. The molecule has 0 aromatic heterocycles. The van der Waals surface area contributed by atoms with Gasteiger partial charge in [-0.05, 0) is 48.4 Å². The smallest absolute Gasteiger partial charge is 0.326 e. The molecule has 0 fully saturated rings. The van der Waals surface area contributed by atoms with E-state index < -0.39 is 0 Å². The summed E-state index contributed by atoms with van der Waals surface area (Å²) in [6, 6.07) is 10.6. The Morgan fingerprint density at radius 3 is 2.57 bits per heavy atom. The molecule has 118 valence electrons. The first kappa shape index (κ1) is 15.0. The summed E-state index contributed by atoms with van der Waals surface area (Å²) in [5.41, 5.74) is 2.70. The normalized spacial score (nSPS) is 12.7. The van der Waals surface area contributed by atoms with Crippen LogP contribution >= 0.6 is 0 Å². The average Bonchev–Trinajstić information content (AvgIpc) is 3.00. The van der Waals surface area contributed by atoms with Gasteiger partial charge in [0.05, 0.1) is 0 Å². The second-order valence-electron chi connectivity index (χ2n) is 5.22. The summed E-state index contributed by atoms with van der Waals surface area (Å²) in [6.07, 6.45) is 0.621. The lowest BCUT2D eigenvalue weighted by Crippen LogP contribution is -2.33. The Balaban J connectivity index is 1.83. The van der Waals surface area contributed by atoms with Crippen molar-refractivity contribution in [2.75, 3.05) is 23.8 Å². The van der Waals surface area contributed by atoms with Gasteiger partial charge < -0.3 is 10.6 Å². The first-order valence-electron chi connectivity index (χ1n) is 7.28. The summed E-state index contributed by atoms with van der Waals surface area (Å²) < 4.78 is 12.9. The van der Waals surface area contributed by atoms with E-state index in [4.69, 9.17) is 0 Å². The number of halogens is 1. The molecule has 2 N–H and O–H groups in total. The molecule has 0 saturated heterocycles. The maximum absolute atomic E-state index is 12.9. The number of hydrogen-bond acceptors (Lipinski definition) is 2. The van der Waals surface area contributed by atoms with Crippen molar-refractivity contribution in [1.82, 2.24) is 5.32 Å². The molecule has 0 radical (unpaired) electrons. The third-order valence-corrected chi connectivity index (χ3v) is 3.84. The van der Waals surface area contributed by atoms with Gasteiger partial charge in [-0.3, -0.25) is 9.69 Å². The summed E-state index contributed by atoms with van der Waals surface area (Å²) in [5.74, 6) is -0.521. The Morgan fingerprint density at radius 2 is 1.87 bits per heavy atom. The van der Waals surface area contributed by atoms with Gasteiger partial charge >= 0.3 is 6.03 Å². The van der Waals surface area contributed by atoms with E-state index in [-0.39, 0.29) is 17.8 Å². The van der Waals surface area contributed by atoms with Crippen LogP contribution < -0.4 is 15.5 Å². The number of urea groups is 1. The zero-order chi connectivity index (χ0) is 16.4. The number of benzene rings is 2. The van der Waals surface area contributed by atoms with Gasteiger partial charge in [0.15, 0.2) is 0 Å². The minimum Gasteiger partial charge on any atom is -0.355 e. The molecule has 0 spiro atoms. The molecule has 1 heterocycles. The molecule has 1 aliphatic rings. The Morgan fingerprint density at radius 1 is 1.13 bits per heavy atom. The largest absolute Gasteiger partial charge is 0.355 e. The van der Waals surface area contributed by atoms with Crippen LogP contribution in [-0.4, -0.2) is 25.5 Å². The van der Waals surface area contributed by atoms with Crippen LogP contribution in [0.15, 0.2) is 42.5 Å². The van der Waals surface area contributed by atoms with Crippen LogP contribution in [0.4, 0.5) is 20.6 Å². The standard InChI is InChI=1S/C17H16FN3O2/c1-19-16(22)14-3-2-4-15-13(14)9-10-21(15)17(23)20-12-7-5-11(18)6-8-12/h2-8H,9-10H2,1H3,(H,19,22)(H,20,23). The minimum atomic E-state index is -0.357. The summed E-state index contributed by atoms with van der Waals surface area (Å²) in [4.78, 5) is 25.9. The topological polar surface area (TPSA) is 61.4 Å². The number of fused-ring (bicyclic) bond motifs is 1. The van der Waals surface area contributed by atoms with Gasteiger partial charge in [0.25, 0.3) is 5.91 Å². The maximum atomic E-state index is 12.9. The van der Waals surface area contributed by atoms with Gasteiger partial charge in [-0.2, -0.15) is 0 Å². The number of anilines is 2. The van der Waals surface area contributed by atoms with Crippen molar-refractivity contribution in [3.05, 3.63) is 59.4 Å². The van der Waals surface area contributed by atoms with Gasteiger partial charge in [-0.15, -0.1) is 0 Å². The van der Waals surface area contributed by atoms with Gasteiger partial charge in [0.1, 0.15) is 5.82 Å². The lowest BCUT2D eigenvalue weighted by Gasteiger charge is -2.18. The highest BCUT2D eigenvalue weighted by molar-refractivity contribution is 6.05. The van der Waals surface area contributed by atoms with E-state index in [0.717, 1.165) is 11.3 Å². The van der Waals surface area contributed by atoms with Gasteiger partial charge in [0, 0.05) is 30.5 Å². The monoisotopic (exact) mass is 313 g/mol. The molecule has 2 aromatic rings. The predicted octanol–water partition coefficient (Wildman–Crippen LogP) is 2.78. The van der Waals surface area contributed by atoms with E-state index in [1.807, 2.05) is 6.07 Å². The van der Waals surface area contributed by atoms with Crippen LogP contribution in [-0.2, 0) is 6.42 Å². The molecule has 0 saturated carbocycles. The summed E-state index contributed by atoms with van der Waals surface area (Å²) >= 11 is 0. The first-order chi connectivity index (χ1) is 11.1. The van der Waals surface area contributed by atoms with Crippen LogP contribution in [0.3, 0.4) is 0 Å². The fourth-order valence-corrected chi connectivity index (χ4v) is 2.72. The van der Waals surface area contributed by atoms with Gasteiger partial charge in [-0.25, -0.2) is 9.18 Å². The lowest BCUT2D eigenvalue weighted by molar-refractivity contribution is 0.0962. The molecule has 0 bridgehead atoms. The Bertz CT molecular complexity index is 759. The second-order valence-corrected chi connectivity index (χ2v) is 5.22. The van der Waals surface area contributed by atoms with Crippen molar-refractivity contribution in [3.8, 4) is 0 Å². The molecule has 23 heavy (non-hydrogen) atoms. The van der Waals surface area contributed by atoms with Gasteiger partial charge in [0.2, 0.25) is 0 Å². The maximum Gasteiger partial charge on any atom is 0.326 e. The van der Waals surface area contributed by atoms with Crippen molar-refractivity contribution in [1.29, 1.82) is 0 Å².